The Balaban J connectivity index is 0.913. The minimum atomic E-state index is -0.903. The lowest BCUT2D eigenvalue weighted by Gasteiger charge is -2.36. The smallest absolute Gasteiger partial charge is 0.278 e. The minimum absolute atomic E-state index is 0.0421. The van der Waals surface area contributed by atoms with E-state index in [0.29, 0.717) is 36.5 Å². The van der Waals surface area contributed by atoms with Gasteiger partial charge in [-0.3, -0.25) is 34.2 Å². The van der Waals surface area contributed by atoms with E-state index in [4.69, 9.17) is 10.5 Å². The molecule has 1 atom stereocenters. The molecule has 15 nitrogen and oxygen atoms in total. The fourth-order valence-electron chi connectivity index (χ4n) is 6.26. The van der Waals surface area contributed by atoms with E-state index in [1.807, 2.05) is 17.0 Å². The number of nitrogens with zero attached hydrogens (tertiary/aromatic N) is 6. The van der Waals surface area contributed by atoms with Crippen LogP contribution in [-0.4, -0.2) is 113 Å². The van der Waals surface area contributed by atoms with Crippen LogP contribution in [0.15, 0.2) is 47.3 Å². The number of carbonyl (C=O) groups is 4. The largest absolute Gasteiger partial charge is 0.377 e. The second-order valence-corrected chi connectivity index (χ2v) is 12.1. The summed E-state index contributed by atoms with van der Waals surface area (Å²) in [5, 5.41) is 13.6. The van der Waals surface area contributed by atoms with Crippen LogP contribution in [-0.2, 0) is 19.1 Å². The van der Waals surface area contributed by atoms with Gasteiger partial charge in [0, 0.05) is 69.2 Å². The van der Waals surface area contributed by atoms with Gasteiger partial charge in [0.15, 0.2) is 0 Å². The Hall–Kier alpha value is -4.89. The third kappa shape index (κ3) is 7.58. The summed E-state index contributed by atoms with van der Waals surface area (Å²) in [5.41, 5.74) is 7.40. The molecule has 3 saturated heterocycles. The lowest BCUT2D eigenvalue weighted by molar-refractivity contribution is -0.136. The molecule has 15 heteroatoms. The molecule has 3 aliphatic rings. The summed E-state index contributed by atoms with van der Waals surface area (Å²) >= 11 is 0. The standard InChI is InChI=1S/C32H39N9O6/c33-30(44)21-1-4-23(5-2-21)39-15-13-38(14-16-39)17-18-47-24-9-11-40(12-10-24)29(43)20-34-22-3-6-26-25(19-22)32(46)41(37-36-26)27-7-8-28(42)35-31(27)45/h1-6,19,24,27,34H,7-18,20H2,(H2,33,44)(H,35,42,45). The first-order valence-electron chi connectivity index (χ1n) is 16.0. The number of anilines is 2. The highest BCUT2D eigenvalue weighted by atomic mass is 16.5. The van der Waals surface area contributed by atoms with E-state index >= 15 is 0 Å². The van der Waals surface area contributed by atoms with E-state index in [9.17, 15) is 24.0 Å². The number of aromatic nitrogens is 3. The number of rotatable bonds is 10. The van der Waals surface area contributed by atoms with E-state index in [0.717, 1.165) is 55.9 Å². The molecule has 4 heterocycles. The summed E-state index contributed by atoms with van der Waals surface area (Å²) in [5.74, 6) is -1.42. The first-order valence-corrected chi connectivity index (χ1v) is 16.0. The number of hydrogen-bond donors (Lipinski definition) is 3. The molecule has 0 aliphatic carbocycles. The maximum absolute atomic E-state index is 13.1. The van der Waals surface area contributed by atoms with Crippen LogP contribution in [0.4, 0.5) is 11.4 Å². The van der Waals surface area contributed by atoms with Gasteiger partial charge in [0.05, 0.1) is 24.6 Å². The number of imide groups is 1. The molecular weight excluding hydrogens is 606 g/mol. The third-order valence-corrected chi connectivity index (χ3v) is 9.08. The summed E-state index contributed by atoms with van der Waals surface area (Å²) in [6, 6.07) is 11.5. The number of nitrogens with two attached hydrogens (primary N) is 1. The van der Waals surface area contributed by atoms with Crippen LogP contribution in [0.2, 0.25) is 0 Å². The summed E-state index contributed by atoms with van der Waals surface area (Å²) in [4.78, 5) is 67.7. The number of piperidine rings is 2. The molecule has 4 N–H and O–H groups in total. The van der Waals surface area contributed by atoms with Gasteiger partial charge in [0.25, 0.3) is 11.5 Å². The molecule has 4 amide bonds. The summed E-state index contributed by atoms with van der Waals surface area (Å²) in [6.07, 6.45) is 1.96. The highest BCUT2D eigenvalue weighted by Crippen LogP contribution is 2.20. The minimum Gasteiger partial charge on any atom is -0.377 e. The van der Waals surface area contributed by atoms with E-state index in [2.05, 4.69) is 30.7 Å². The van der Waals surface area contributed by atoms with Crippen molar-refractivity contribution in [2.75, 3.05) is 69.2 Å². The zero-order valence-corrected chi connectivity index (χ0v) is 26.1. The molecule has 1 aromatic heterocycles. The van der Waals surface area contributed by atoms with Crippen LogP contribution in [0.3, 0.4) is 0 Å². The highest BCUT2D eigenvalue weighted by molar-refractivity contribution is 5.99. The highest BCUT2D eigenvalue weighted by Gasteiger charge is 2.30. The molecule has 2 aromatic carbocycles. The Morgan fingerprint density at radius 2 is 1.70 bits per heavy atom. The molecule has 0 spiro atoms. The Bertz CT molecular complexity index is 1700. The third-order valence-electron chi connectivity index (χ3n) is 9.08. The first kappa shape index (κ1) is 32.1. The molecular formula is C32H39N9O6. The van der Waals surface area contributed by atoms with Crippen LogP contribution in [0, 0.1) is 0 Å². The van der Waals surface area contributed by atoms with E-state index < -0.39 is 23.4 Å². The van der Waals surface area contributed by atoms with Crippen LogP contribution < -0.4 is 26.8 Å². The Kier molecular flexibility index (Phi) is 9.73. The van der Waals surface area contributed by atoms with Gasteiger partial charge in [-0.05, 0) is 61.7 Å². The number of fused-ring (bicyclic) bond motifs is 1. The first-order chi connectivity index (χ1) is 22.7. The number of hydrogen-bond acceptors (Lipinski definition) is 11. The Labute approximate surface area is 271 Å². The normalized spacial score (nSPS) is 19.5. The molecule has 0 radical (unpaired) electrons. The molecule has 248 valence electrons. The van der Waals surface area contributed by atoms with Crippen molar-refractivity contribution in [1.82, 2.24) is 30.1 Å². The maximum atomic E-state index is 13.1. The van der Waals surface area contributed by atoms with Crippen molar-refractivity contribution in [3.8, 4) is 0 Å². The predicted octanol–water partition coefficient (Wildman–Crippen LogP) is 0.110. The molecule has 3 aliphatic heterocycles. The van der Waals surface area contributed by atoms with E-state index in [1.54, 1.807) is 30.3 Å². The van der Waals surface area contributed by atoms with Crippen molar-refractivity contribution in [1.29, 1.82) is 0 Å². The number of piperazine rings is 1. The molecule has 6 rings (SSSR count). The van der Waals surface area contributed by atoms with Gasteiger partial charge < -0.3 is 25.6 Å². The zero-order chi connectivity index (χ0) is 32.9. The molecule has 0 bridgehead atoms. The number of primary amides is 1. The van der Waals surface area contributed by atoms with Gasteiger partial charge in [0.1, 0.15) is 11.6 Å². The zero-order valence-electron chi connectivity index (χ0n) is 26.1. The second kappa shape index (κ2) is 14.3. The molecule has 3 aromatic rings. The maximum Gasteiger partial charge on any atom is 0.278 e. The quantitative estimate of drug-likeness (QED) is 0.254. The SMILES string of the molecule is NC(=O)c1ccc(N2CCN(CCOC3CCN(C(=O)CNc4ccc5nnn(C6CCC(=O)NC6=O)c(=O)c5c4)CC3)CC2)cc1. The van der Waals surface area contributed by atoms with Crippen molar-refractivity contribution in [2.45, 2.75) is 37.8 Å². The Morgan fingerprint density at radius 3 is 2.40 bits per heavy atom. The summed E-state index contributed by atoms with van der Waals surface area (Å²) in [7, 11) is 0. The van der Waals surface area contributed by atoms with E-state index in [1.165, 1.54) is 0 Å². The average molecular weight is 646 g/mol. The fourth-order valence-corrected chi connectivity index (χ4v) is 6.26. The van der Waals surface area contributed by atoms with Crippen molar-refractivity contribution in [3.63, 3.8) is 0 Å². The number of amides is 4. The van der Waals surface area contributed by atoms with Crippen molar-refractivity contribution < 1.29 is 23.9 Å². The summed E-state index contributed by atoms with van der Waals surface area (Å²) < 4.78 is 7.19. The van der Waals surface area contributed by atoms with Crippen LogP contribution >= 0.6 is 0 Å². The lowest BCUT2D eigenvalue weighted by Crippen LogP contribution is -2.48. The lowest BCUT2D eigenvalue weighted by atomic mass is 10.1. The van der Waals surface area contributed by atoms with Gasteiger partial charge in [-0.1, -0.05) is 5.21 Å². The van der Waals surface area contributed by atoms with Crippen LogP contribution in [0.5, 0.6) is 0 Å². The van der Waals surface area contributed by atoms with Gasteiger partial charge >= 0.3 is 0 Å². The monoisotopic (exact) mass is 645 g/mol. The molecule has 0 saturated carbocycles. The number of nitrogens with one attached hydrogen (secondary N) is 2. The predicted molar refractivity (Wildman–Crippen MR) is 173 cm³/mol. The summed E-state index contributed by atoms with van der Waals surface area (Å²) in [6.45, 7) is 6.46. The molecule has 3 fully saturated rings. The number of likely N-dealkylation sites (tertiary alicyclic amines) is 1. The van der Waals surface area contributed by atoms with Gasteiger partial charge in [-0.2, -0.15) is 4.68 Å². The van der Waals surface area contributed by atoms with Crippen LogP contribution in [0.1, 0.15) is 42.1 Å². The fraction of sp³-hybridized carbons (Fsp3) is 0.469. The average Bonchev–Trinajstić information content (AvgIpc) is 3.08. The number of benzene rings is 2. The van der Waals surface area contributed by atoms with Crippen molar-refractivity contribution >= 4 is 45.9 Å². The molecule has 47 heavy (non-hydrogen) atoms. The van der Waals surface area contributed by atoms with Crippen LogP contribution in [0.25, 0.3) is 10.9 Å². The second-order valence-electron chi connectivity index (χ2n) is 12.1. The number of carbonyl (C=O) groups excluding carboxylic acids is 4. The topological polar surface area (TPSA) is 185 Å². The van der Waals surface area contributed by atoms with Gasteiger partial charge in [-0.15, -0.1) is 5.10 Å². The number of ether oxygens (including phenoxy) is 1. The van der Waals surface area contributed by atoms with E-state index in [-0.39, 0.29) is 42.7 Å². The Morgan fingerprint density at radius 1 is 0.957 bits per heavy atom. The van der Waals surface area contributed by atoms with Crippen molar-refractivity contribution in [2.24, 2.45) is 5.73 Å². The molecule has 1 unspecified atom stereocenters. The van der Waals surface area contributed by atoms with Gasteiger partial charge in [-0.25, -0.2) is 0 Å². The van der Waals surface area contributed by atoms with Gasteiger partial charge in [0.2, 0.25) is 17.7 Å². The van der Waals surface area contributed by atoms with Crippen molar-refractivity contribution in [3.05, 3.63) is 58.4 Å².